The van der Waals surface area contributed by atoms with E-state index in [2.05, 4.69) is 56.1 Å². The van der Waals surface area contributed by atoms with E-state index in [1.165, 1.54) is 23.2 Å². The van der Waals surface area contributed by atoms with Gasteiger partial charge >= 0.3 is 0 Å². The molecule has 0 amide bonds. The fraction of sp³-hybridized carbons (Fsp3) is 0.619. The normalized spacial score (nSPS) is 24.2. The van der Waals surface area contributed by atoms with Crippen LogP contribution in [-0.2, 0) is 0 Å². The Bertz CT molecular complexity index is 700. The molecule has 4 rings (SSSR count). The second kappa shape index (κ2) is 5.94. The standard InChI is InChI=1S/C21H30N2O2/c1-20(2)11-15(12-21(3,4)13-20)16-9-18-19(25-14-24-18)10-17(16)23-7-5-22-6-8-23/h9-11,22H,5-8,12-14H2,1-4H3. The first-order chi connectivity index (χ1) is 11.8. The zero-order valence-electron chi connectivity index (χ0n) is 15.9. The third kappa shape index (κ3) is 3.37. The summed E-state index contributed by atoms with van der Waals surface area (Å²) in [6, 6.07) is 4.40. The molecule has 1 fully saturated rings. The van der Waals surface area contributed by atoms with E-state index in [-0.39, 0.29) is 5.41 Å². The van der Waals surface area contributed by atoms with Gasteiger partial charge in [0.05, 0.1) is 0 Å². The summed E-state index contributed by atoms with van der Waals surface area (Å²) < 4.78 is 11.4. The van der Waals surface area contributed by atoms with Crippen LogP contribution >= 0.6 is 0 Å². The average Bonchev–Trinajstić information content (AvgIpc) is 2.99. The second-order valence-corrected chi connectivity index (χ2v) is 9.14. The van der Waals surface area contributed by atoms with Gasteiger partial charge in [0.15, 0.2) is 11.5 Å². The van der Waals surface area contributed by atoms with E-state index < -0.39 is 0 Å². The van der Waals surface area contributed by atoms with Gasteiger partial charge < -0.3 is 19.7 Å². The summed E-state index contributed by atoms with van der Waals surface area (Å²) in [5.41, 5.74) is 4.60. The number of ether oxygens (including phenoxy) is 2. The Kier molecular flexibility index (Phi) is 3.99. The molecule has 0 radical (unpaired) electrons. The van der Waals surface area contributed by atoms with Crippen LogP contribution in [0.25, 0.3) is 5.57 Å². The third-order valence-electron chi connectivity index (χ3n) is 5.46. The van der Waals surface area contributed by atoms with E-state index >= 15 is 0 Å². The number of fused-ring (bicyclic) bond motifs is 1. The van der Waals surface area contributed by atoms with Crippen molar-refractivity contribution in [2.24, 2.45) is 10.8 Å². The van der Waals surface area contributed by atoms with Crippen molar-refractivity contribution in [3.8, 4) is 11.5 Å². The van der Waals surface area contributed by atoms with Gasteiger partial charge in [0.2, 0.25) is 6.79 Å². The zero-order valence-corrected chi connectivity index (χ0v) is 15.9. The zero-order chi connectivity index (χ0) is 17.7. The minimum atomic E-state index is 0.216. The average molecular weight is 342 g/mol. The first-order valence-corrected chi connectivity index (χ1v) is 9.45. The van der Waals surface area contributed by atoms with Crippen LogP contribution in [-0.4, -0.2) is 33.0 Å². The first-order valence-electron chi connectivity index (χ1n) is 9.45. The van der Waals surface area contributed by atoms with Gasteiger partial charge in [-0.05, 0) is 35.3 Å². The fourth-order valence-corrected chi connectivity index (χ4v) is 4.91. The van der Waals surface area contributed by atoms with Gasteiger partial charge in [0.1, 0.15) is 0 Å². The minimum Gasteiger partial charge on any atom is -0.454 e. The van der Waals surface area contributed by atoms with Crippen LogP contribution in [0.4, 0.5) is 5.69 Å². The van der Waals surface area contributed by atoms with Crippen molar-refractivity contribution in [3.63, 3.8) is 0 Å². The van der Waals surface area contributed by atoms with Crippen LogP contribution < -0.4 is 19.7 Å². The Morgan fingerprint density at radius 2 is 1.68 bits per heavy atom. The number of rotatable bonds is 2. The van der Waals surface area contributed by atoms with E-state index in [4.69, 9.17) is 9.47 Å². The molecule has 1 aromatic rings. The van der Waals surface area contributed by atoms with E-state index in [1.54, 1.807) is 0 Å². The SMILES string of the molecule is CC1(C)C=C(c2cc3c(cc2N2CCNCC2)OCO3)CC(C)(C)C1. The van der Waals surface area contributed by atoms with Crippen LogP contribution in [0, 0.1) is 10.8 Å². The molecule has 1 saturated heterocycles. The molecule has 2 heterocycles. The van der Waals surface area contributed by atoms with Gasteiger partial charge in [0, 0.05) is 43.5 Å². The van der Waals surface area contributed by atoms with Gasteiger partial charge in [0.25, 0.3) is 0 Å². The number of allylic oxidation sites excluding steroid dienone is 2. The van der Waals surface area contributed by atoms with Crippen molar-refractivity contribution in [3.05, 3.63) is 23.8 Å². The summed E-state index contributed by atoms with van der Waals surface area (Å²) in [7, 11) is 0. The smallest absolute Gasteiger partial charge is 0.231 e. The molecule has 25 heavy (non-hydrogen) atoms. The summed E-state index contributed by atoms with van der Waals surface area (Å²) >= 11 is 0. The van der Waals surface area contributed by atoms with Crippen molar-refractivity contribution in [2.75, 3.05) is 37.9 Å². The molecule has 0 aromatic heterocycles. The number of anilines is 1. The lowest BCUT2D eigenvalue weighted by Gasteiger charge is -2.40. The lowest BCUT2D eigenvalue weighted by molar-refractivity contribution is 0.174. The molecular formula is C21H30N2O2. The summed E-state index contributed by atoms with van der Waals surface area (Å²) in [6.07, 6.45) is 4.81. The number of hydrogen-bond acceptors (Lipinski definition) is 4. The highest BCUT2D eigenvalue weighted by Gasteiger charge is 2.35. The molecular weight excluding hydrogens is 312 g/mol. The number of piperazine rings is 1. The maximum absolute atomic E-state index is 5.70. The van der Waals surface area contributed by atoms with E-state index in [9.17, 15) is 0 Å². The molecule has 136 valence electrons. The highest BCUT2D eigenvalue weighted by molar-refractivity contribution is 5.81. The molecule has 0 spiro atoms. The molecule has 1 N–H and O–H groups in total. The molecule has 0 saturated carbocycles. The Morgan fingerprint density at radius 1 is 1.00 bits per heavy atom. The Morgan fingerprint density at radius 3 is 2.36 bits per heavy atom. The maximum atomic E-state index is 5.70. The van der Waals surface area contributed by atoms with Crippen molar-refractivity contribution in [1.29, 1.82) is 0 Å². The fourth-order valence-electron chi connectivity index (χ4n) is 4.91. The van der Waals surface area contributed by atoms with E-state index in [0.29, 0.717) is 12.2 Å². The first kappa shape index (κ1) is 16.8. The lowest BCUT2D eigenvalue weighted by Crippen LogP contribution is -2.44. The van der Waals surface area contributed by atoms with Crippen molar-refractivity contribution in [1.82, 2.24) is 5.32 Å². The maximum Gasteiger partial charge on any atom is 0.231 e. The molecule has 0 unspecified atom stereocenters. The predicted molar refractivity (Wildman–Crippen MR) is 102 cm³/mol. The van der Waals surface area contributed by atoms with Gasteiger partial charge in [-0.1, -0.05) is 33.8 Å². The minimum absolute atomic E-state index is 0.216. The van der Waals surface area contributed by atoms with Gasteiger partial charge in [-0.25, -0.2) is 0 Å². The Balaban J connectivity index is 1.81. The molecule has 4 nitrogen and oxygen atoms in total. The predicted octanol–water partition coefficient (Wildman–Crippen LogP) is 4.05. The summed E-state index contributed by atoms with van der Waals surface area (Å²) in [6.45, 7) is 13.9. The van der Waals surface area contributed by atoms with E-state index in [0.717, 1.165) is 44.1 Å². The van der Waals surface area contributed by atoms with Crippen LogP contribution in [0.2, 0.25) is 0 Å². The Hall–Kier alpha value is -1.68. The number of benzene rings is 1. The number of nitrogens with zero attached hydrogens (tertiary/aromatic N) is 1. The molecule has 0 atom stereocenters. The highest BCUT2D eigenvalue weighted by atomic mass is 16.7. The van der Waals surface area contributed by atoms with Crippen molar-refractivity contribution >= 4 is 11.3 Å². The van der Waals surface area contributed by atoms with E-state index in [1.807, 2.05) is 0 Å². The number of nitrogens with one attached hydrogen (secondary N) is 1. The topological polar surface area (TPSA) is 33.7 Å². The molecule has 1 aliphatic carbocycles. The van der Waals surface area contributed by atoms with Gasteiger partial charge in [-0.3, -0.25) is 0 Å². The third-order valence-corrected chi connectivity index (χ3v) is 5.46. The van der Waals surface area contributed by atoms with Gasteiger partial charge in [-0.2, -0.15) is 0 Å². The highest BCUT2D eigenvalue weighted by Crippen LogP contribution is 2.50. The van der Waals surface area contributed by atoms with Crippen LogP contribution in [0.15, 0.2) is 18.2 Å². The monoisotopic (exact) mass is 342 g/mol. The molecule has 3 aliphatic rings. The second-order valence-electron chi connectivity index (χ2n) is 9.14. The summed E-state index contributed by atoms with van der Waals surface area (Å²) in [5.74, 6) is 1.77. The van der Waals surface area contributed by atoms with Gasteiger partial charge in [-0.15, -0.1) is 0 Å². The van der Waals surface area contributed by atoms with Crippen LogP contribution in [0.5, 0.6) is 11.5 Å². The number of hydrogen-bond donors (Lipinski definition) is 1. The quantitative estimate of drug-likeness (QED) is 0.879. The lowest BCUT2D eigenvalue weighted by atomic mass is 9.65. The molecule has 1 aromatic carbocycles. The van der Waals surface area contributed by atoms with Crippen LogP contribution in [0.3, 0.4) is 0 Å². The van der Waals surface area contributed by atoms with Crippen LogP contribution in [0.1, 0.15) is 46.1 Å². The molecule has 2 aliphatic heterocycles. The largest absolute Gasteiger partial charge is 0.454 e. The summed E-state index contributed by atoms with van der Waals surface area (Å²) in [4.78, 5) is 2.49. The van der Waals surface area contributed by atoms with Crippen molar-refractivity contribution in [2.45, 2.75) is 40.5 Å². The summed E-state index contributed by atoms with van der Waals surface area (Å²) in [5, 5.41) is 3.45. The molecule has 0 bridgehead atoms. The van der Waals surface area contributed by atoms with Crippen molar-refractivity contribution < 1.29 is 9.47 Å². The Labute approximate surface area is 151 Å². The molecule has 4 heteroatoms.